The molecule has 0 heterocycles. The quantitative estimate of drug-likeness (QED) is 0.204. The number of carbonyl (C=O) groups is 4. The van der Waals surface area contributed by atoms with Gasteiger partial charge in [-0.3, -0.25) is 14.4 Å². The second-order valence-corrected chi connectivity index (χ2v) is 7.21. The number of carboxylic acid groups (broad SMARTS) is 1. The number of benzene rings is 1. The molecule has 0 saturated carbocycles. The van der Waals surface area contributed by atoms with Crippen LogP contribution in [-0.4, -0.2) is 69.9 Å². The van der Waals surface area contributed by atoms with Crippen molar-refractivity contribution in [2.45, 2.75) is 50.5 Å². The van der Waals surface area contributed by atoms with E-state index in [1.807, 2.05) is 0 Å². The lowest BCUT2D eigenvalue weighted by Gasteiger charge is -2.26. The van der Waals surface area contributed by atoms with Crippen LogP contribution < -0.4 is 21.7 Å². The number of hydrogen-bond donors (Lipinski definition) is 7. The predicted molar refractivity (Wildman–Crippen MR) is 113 cm³/mol. The van der Waals surface area contributed by atoms with E-state index in [0.29, 0.717) is 5.56 Å². The summed E-state index contributed by atoms with van der Waals surface area (Å²) in [5.41, 5.74) is 6.19. The predicted octanol–water partition coefficient (Wildman–Crippen LogP) is -1.57. The minimum Gasteiger partial charge on any atom is -0.480 e. The Morgan fingerprint density at radius 3 is 2.00 bits per heavy atom. The van der Waals surface area contributed by atoms with E-state index in [4.69, 9.17) is 10.8 Å². The molecule has 5 atom stereocenters. The smallest absolute Gasteiger partial charge is 0.327 e. The number of aliphatic hydroxyl groups excluding tert-OH is 1. The second-order valence-electron chi connectivity index (χ2n) is 6.85. The van der Waals surface area contributed by atoms with Crippen LogP contribution in [0.4, 0.5) is 0 Å². The average molecular weight is 441 g/mol. The van der Waals surface area contributed by atoms with E-state index in [2.05, 4.69) is 28.6 Å². The Bertz CT molecular complexity index is 744. The van der Waals surface area contributed by atoms with Crippen molar-refractivity contribution >= 4 is 36.3 Å². The zero-order chi connectivity index (χ0) is 22.8. The Balaban J connectivity index is 3.04. The van der Waals surface area contributed by atoms with Gasteiger partial charge >= 0.3 is 5.97 Å². The van der Waals surface area contributed by atoms with Crippen molar-refractivity contribution in [3.05, 3.63) is 35.9 Å². The highest BCUT2D eigenvalue weighted by Gasteiger charge is 2.31. The lowest BCUT2D eigenvalue weighted by Crippen LogP contribution is -2.60. The van der Waals surface area contributed by atoms with Gasteiger partial charge in [0.05, 0.1) is 12.1 Å². The fraction of sp³-hybridized carbons (Fsp3) is 0.474. The van der Waals surface area contributed by atoms with Gasteiger partial charge in [-0.1, -0.05) is 30.3 Å². The summed E-state index contributed by atoms with van der Waals surface area (Å²) in [5.74, 6) is -3.62. The Morgan fingerprint density at radius 1 is 0.967 bits per heavy atom. The maximum atomic E-state index is 12.7. The molecule has 7 N–H and O–H groups in total. The first-order chi connectivity index (χ1) is 14.1. The largest absolute Gasteiger partial charge is 0.480 e. The van der Waals surface area contributed by atoms with Crippen molar-refractivity contribution < 1.29 is 29.4 Å². The van der Waals surface area contributed by atoms with Gasteiger partial charge in [0, 0.05) is 12.2 Å². The maximum absolute atomic E-state index is 12.7. The van der Waals surface area contributed by atoms with E-state index < -0.39 is 54.0 Å². The summed E-state index contributed by atoms with van der Waals surface area (Å²) in [6, 6.07) is 4.10. The molecule has 1 rings (SSSR count). The molecule has 1 aromatic rings. The second kappa shape index (κ2) is 12.2. The Hall–Kier alpha value is -2.63. The highest BCUT2D eigenvalue weighted by atomic mass is 32.1. The van der Waals surface area contributed by atoms with Crippen molar-refractivity contribution in [3.8, 4) is 0 Å². The third-order valence-corrected chi connectivity index (χ3v) is 4.55. The molecule has 1 aromatic carbocycles. The van der Waals surface area contributed by atoms with Crippen LogP contribution in [0.15, 0.2) is 30.3 Å². The van der Waals surface area contributed by atoms with Crippen LogP contribution in [0.1, 0.15) is 19.4 Å². The monoisotopic (exact) mass is 440 g/mol. The first kappa shape index (κ1) is 25.4. The van der Waals surface area contributed by atoms with Crippen LogP contribution in [-0.2, 0) is 25.6 Å². The molecule has 0 fully saturated rings. The van der Waals surface area contributed by atoms with Crippen LogP contribution in [0.3, 0.4) is 0 Å². The van der Waals surface area contributed by atoms with E-state index in [9.17, 15) is 24.3 Å². The van der Waals surface area contributed by atoms with Gasteiger partial charge in [0.1, 0.15) is 18.1 Å². The molecule has 11 heteroatoms. The lowest BCUT2D eigenvalue weighted by atomic mass is 10.0. The van der Waals surface area contributed by atoms with E-state index in [1.165, 1.54) is 13.8 Å². The van der Waals surface area contributed by atoms with E-state index in [-0.39, 0.29) is 12.2 Å². The fourth-order valence-corrected chi connectivity index (χ4v) is 2.72. The zero-order valence-corrected chi connectivity index (χ0v) is 17.6. The summed E-state index contributed by atoms with van der Waals surface area (Å²) >= 11 is 3.91. The number of thiol groups is 1. The average Bonchev–Trinajstić information content (AvgIpc) is 2.69. The number of aliphatic carboxylic acids is 1. The number of nitrogens with one attached hydrogen (secondary N) is 3. The number of carboxylic acids is 1. The molecular formula is C19H28N4O6S. The highest BCUT2D eigenvalue weighted by molar-refractivity contribution is 7.80. The van der Waals surface area contributed by atoms with Crippen LogP contribution in [0.2, 0.25) is 0 Å². The van der Waals surface area contributed by atoms with Crippen molar-refractivity contribution in [3.63, 3.8) is 0 Å². The Kier molecular flexibility index (Phi) is 10.3. The third kappa shape index (κ3) is 8.01. The number of rotatable bonds is 11. The molecule has 0 aliphatic rings. The zero-order valence-electron chi connectivity index (χ0n) is 16.7. The van der Waals surface area contributed by atoms with Crippen LogP contribution >= 0.6 is 12.6 Å². The van der Waals surface area contributed by atoms with E-state index >= 15 is 0 Å². The van der Waals surface area contributed by atoms with Crippen LogP contribution in [0.5, 0.6) is 0 Å². The topological polar surface area (TPSA) is 171 Å². The van der Waals surface area contributed by atoms with Gasteiger partial charge in [-0.15, -0.1) is 0 Å². The van der Waals surface area contributed by atoms with Crippen LogP contribution in [0.25, 0.3) is 0 Å². The molecule has 30 heavy (non-hydrogen) atoms. The van der Waals surface area contributed by atoms with Crippen molar-refractivity contribution in [1.29, 1.82) is 0 Å². The SMILES string of the molecule is CC(N)C(=O)NC(C(=O)NC(Cc1ccccc1)C(=O)NC(CS)C(=O)O)C(C)O. The van der Waals surface area contributed by atoms with E-state index in [0.717, 1.165) is 0 Å². The highest BCUT2D eigenvalue weighted by Crippen LogP contribution is 2.06. The van der Waals surface area contributed by atoms with Crippen molar-refractivity contribution in [1.82, 2.24) is 16.0 Å². The summed E-state index contributed by atoms with van der Waals surface area (Å²) < 4.78 is 0. The number of carbonyl (C=O) groups excluding carboxylic acids is 3. The normalized spacial score (nSPS) is 15.8. The molecule has 3 amide bonds. The molecule has 10 nitrogen and oxygen atoms in total. The molecule has 0 aliphatic carbocycles. The summed E-state index contributed by atoms with van der Waals surface area (Å²) in [6.45, 7) is 2.72. The van der Waals surface area contributed by atoms with Gasteiger partial charge in [-0.2, -0.15) is 12.6 Å². The summed E-state index contributed by atoms with van der Waals surface area (Å²) in [4.78, 5) is 48.4. The minimum atomic E-state index is -1.35. The fourth-order valence-electron chi connectivity index (χ4n) is 2.47. The van der Waals surface area contributed by atoms with Crippen molar-refractivity contribution in [2.75, 3.05) is 5.75 Å². The maximum Gasteiger partial charge on any atom is 0.327 e. The first-order valence-electron chi connectivity index (χ1n) is 9.29. The van der Waals surface area contributed by atoms with Gasteiger partial charge in [0.2, 0.25) is 17.7 Å². The Labute approximate surface area is 180 Å². The molecule has 0 radical (unpaired) electrons. The standard InChI is InChI=1S/C19H28N4O6S/c1-10(20)16(25)23-15(11(2)24)18(27)21-13(8-12-6-4-3-5-7-12)17(26)22-14(9-30)19(28)29/h3-7,10-11,13-15,24,30H,8-9,20H2,1-2H3,(H,21,27)(H,22,26)(H,23,25)(H,28,29). The molecule has 0 bridgehead atoms. The third-order valence-electron chi connectivity index (χ3n) is 4.19. The summed E-state index contributed by atoms with van der Waals surface area (Å²) in [7, 11) is 0. The van der Waals surface area contributed by atoms with E-state index in [1.54, 1.807) is 30.3 Å². The molecule has 0 aromatic heterocycles. The molecule has 0 saturated heterocycles. The Morgan fingerprint density at radius 2 is 1.53 bits per heavy atom. The molecule has 0 aliphatic heterocycles. The molecular weight excluding hydrogens is 412 g/mol. The van der Waals surface area contributed by atoms with Crippen molar-refractivity contribution in [2.24, 2.45) is 5.73 Å². The van der Waals surface area contributed by atoms with Gasteiger partial charge in [0.25, 0.3) is 0 Å². The first-order valence-corrected chi connectivity index (χ1v) is 9.92. The number of amides is 3. The number of nitrogens with two attached hydrogens (primary N) is 1. The number of aliphatic hydroxyl groups is 1. The number of hydrogen-bond acceptors (Lipinski definition) is 7. The molecule has 5 unspecified atom stereocenters. The summed E-state index contributed by atoms with van der Waals surface area (Å²) in [6.07, 6.45) is -1.21. The van der Waals surface area contributed by atoms with Gasteiger partial charge in [-0.25, -0.2) is 4.79 Å². The lowest BCUT2D eigenvalue weighted by molar-refractivity contribution is -0.141. The van der Waals surface area contributed by atoms with Gasteiger partial charge in [0.15, 0.2) is 0 Å². The minimum absolute atomic E-state index is 0.0606. The molecule has 166 valence electrons. The van der Waals surface area contributed by atoms with Crippen LogP contribution in [0, 0.1) is 0 Å². The molecule has 0 spiro atoms. The van der Waals surface area contributed by atoms with Gasteiger partial charge in [-0.05, 0) is 19.4 Å². The van der Waals surface area contributed by atoms with Gasteiger partial charge < -0.3 is 31.9 Å². The summed E-state index contributed by atoms with van der Waals surface area (Å²) in [5, 5.41) is 26.2.